The normalized spacial score (nSPS) is 17.8. The smallest absolute Gasteiger partial charge is 0.246 e. The zero-order chi connectivity index (χ0) is 79.3. The van der Waals surface area contributed by atoms with Crippen LogP contribution in [-0.4, -0.2) is 181 Å². The summed E-state index contributed by atoms with van der Waals surface area (Å²) < 4.78 is 23.6. The Balaban J connectivity index is 0.000000131. The van der Waals surface area contributed by atoms with Crippen molar-refractivity contribution in [2.24, 2.45) is 0 Å². The van der Waals surface area contributed by atoms with Crippen LogP contribution >= 0.6 is 0 Å². The van der Waals surface area contributed by atoms with Gasteiger partial charge in [0, 0.05) is 112 Å². The molecule has 0 radical (unpaired) electrons. The minimum Gasteiger partial charge on any atom is -0.457 e. The van der Waals surface area contributed by atoms with E-state index < -0.39 is 0 Å². The molecular weight excluding hydrogens is 1460 g/mol. The van der Waals surface area contributed by atoms with Crippen LogP contribution < -0.4 is 42.0 Å². The zero-order valence-corrected chi connectivity index (χ0v) is 65.1. The van der Waals surface area contributed by atoms with E-state index >= 15 is 0 Å². The Morgan fingerprint density at radius 2 is 0.724 bits per heavy atom. The van der Waals surface area contributed by atoms with Gasteiger partial charge in [0.2, 0.25) is 17.7 Å². The van der Waals surface area contributed by atoms with Gasteiger partial charge in [0.25, 0.3) is 0 Å². The lowest BCUT2D eigenvalue weighted by molar-refractivity contribution is -0.128. The van der Waals surface area contributed by atoms with E-state index in [4.69, 9.17) is 46.7 Å². The van der Waals surface area contributed by atoms with Gasteiger partial charge >= 0.3 is 0 Å². The standard InChI is InChI=1S/2C30H33N7O2.C29H31N7O2/c1-35(22-7-5-8-22)17-6-11-26(38)36-18-16-23(19-36)37-30-27(29(31)32-20-33-30)28(34-37)21-12-14-25(15-13-21)39-24-9-3-2-4-10-24;31-29-27-28(21-13-15-25(16-14-21)39-24-10-2-1-3-11-24)35-37(30(27)34-20-33-29)23-9-6-18-36(19-23)26(38)12-5-17-32-22-7-4-8-22;30-28-26-27(20-11-13-24(14-12-20)38-23-8-2-1-3-9-23)34-36(29(26)33-19-32-28)22-15-17-35(18-22)25(37)10-5-16-31-21-6-4-7-21/h2-4,6,9-15,20,22-23H,5,7-8,16-19H2,1H3,(H2,31,32,33);1-3,5,10-16,20,22-23,32H,4,6-9,17-19H2,(H2,31,33,34);1-3,5,8-14,19,21-22,31H,4,6-7,15-18H2,(H2,30,32,33)/b11-6+;12-5+;10-5+. The quantitative estimate of drug-likeness (QED) is 0.0351. The van der Waals surface area contributed by atoms with E-state index in [0.29, 0.717) is 85.2 Å². The number of likely N-dealkylation sites (N-methyl/N-ethyl adjacent to an activating group) is 1. The number of fused-ring (bicyclic) bond motifs is 3. The molecule has 3 saturated heterocycles. The van der Waals surface area contributed by atoms with Gasteiger partial charge in [-0.25, -0.2) is 43.9 Å². The molecule has 27 nitrogen and oxygen atoms in total. The fourth-order valence-electron chi connectivity index (χ4n) is 15.5. The van der Waals surface area contributed by atoms with Crippen LogP contribution in [0.5, 0.6) is 34.5 Å². The molecule has 12 aromatic rings. The van der Waals surface area contributed by atoms with Gasteiger partial charge in [-0.15, -0.1) is 0 Å². The van der Waals surface area contributed by atoms with Gasteiger partial charge in [0.05, 0.1) is 34.3 Å². The van der Waals surface area contributed by atoms with Gasteiger partial charge in [0.1, 0.15) is 88.0 Å². The molecule has 116 heavy (non-hydrogen) atoms. The first-order valence-electron chi connectivity index (χ1n) is 40.4. The number of amides is 3. The Morgan fingerprint density at radius 3 is 1.06 bits per heavy atom. The Kier molecular flexibility index (Phi) is 24.1. The summed E-state index contributed by atoms with van der Waals surface area (Å²) in [5.41, 5.74) is 25.9. The molecule has 8 N–H and O–H groups in total. The van der Waals surface area contributed by atoms with Crippen molar-refractivity contribution in [1.29, 1.82) is 0 Å². The molecule has 18 rings (SSSR count). The van der Waals surface area contributed by atoms with Crippen LogP contribution in [0.3, 0.4) is 0 Å². The highest BCUT2D eigenvalue weighted by atomic mass is 16.5. The van der Waals surface area contributed by atoms with Gasteiger partial charge in [-0.3, -0.25) is 19.3 Å². The lowest BCUT2D eigenvalue weighted by atomic mass is 9.92. The monoisotopic (exact) mass is 1560 g/mol. The van der Waals surface area contributed by atoms with Crippen molar-refractivity contribution in [3.8, 4) is 68.3 Å². The number of ether oxygens (including phenoxy) is 3. The number of aromatic nitrogens is 12. The number of rotatable bonds is 24. The highest BCUT2D eigenvalue weighted by molar-refractivity contribution is 6.00. The van der Waals surface area contributed by atoms with Crippen molar-refractivity contribution in [3.63, 3.8) is 0 Å². The zero-order valence-electron chi connectivity index (χ0n) is 65.1. The summed E-state index contributed by atoms with van der Waals surface area (Å²) in [7, 11) is 2.13. The predicted octanol–water partition coefficient (Wildman–Crippen LogP) is 13.8. The van der Waals surface area contributed by atoms with Gasteiger partial charge < -0.3 is 56.7 Å². The van der Waals surface area contributed by atoms with Crippen molar-refractivity contribution in [3.05, 3.63) is 219 Å². The summed E-state index contributed by atoms with van der Waals surface area (Å²) in [6.07, 6.45) is 30.1. The second-order valence-corrected chi connectivity index (χ2v) is 30.4. The molecule has 27 heteroatoms. The first-order valence-corrected chi connectivity index (χ1v) is 40.4. The number of carbonyl (C=O) groups excluding carboxylic acids is 3. The lowest BCUT2D eigenvalue weighted by Crippen LogP contribution is -2.40. The number of anilines is 3. The van der Waals surface area contributed by atoms with Crippen LogP contribution in [0.15, 0.2) is 219 Å². The Hall–Kier alpha value is -12.7. The first kappa shape index (κ1) is 77.2. The number of benzene rings is 6. The van der Waals surface area contributed by atoms with Crippen LogP contribution in [-0.2, 0) is 14.4 Å². The molecule has 6 fully saturated rings. The Bertz CT molecular complexity index is 5460. The number of hydrogen-bond acceptors (Lipinski definition) is 21. The molecular formula is C89H97N21O6. The topological polar surface area (TPSA) is 325 Å². The molecule has 3 atom stereocenters. The van der Waals surface area contributed by atoms with E-state index in [1.165, 1.54) is 76.8 Å². The van der Waals surface area contributed by atoms with Crippen LogP contribution in [0.4, 0.5) is 17.5 Å². The molecule has 6 aromatic heterocycles. The van der Waals surface area contributed by atoms with Crippen molar-refractivity contribution in [2.45, 2.75) is 120 Å². The Labute approximate surface area is 673 Å². The average Bonchev–Trinajstić information content (AvgIpc) is 1.63. The molecule has 6 aliphatic rings. The van der Waals surface area contributed by atoms with E-state index in [9.17, 15) is 14.4 Å². The molecule has 3 aliphatic carbocycles. The highest BCUT2D eigenvalue weighted by Crippen LogP contribution is 2.40. The number of nitrogens with one attached hydrogen (secondary N) is 2. The second kappa shape index (κ2) is 36.2. The molecule has 3 unspecified atom stereocenters. The third kappa shape index (κ3) is 18.1. The number of nitrogen functional groups attached to an aromatic ring is 3. The van der Waals surface area contributed by atoms with Crippen molar-refractivity contribution in [1.82, 2.24) is 89.5 Å². The number of carbonyl (C=O) groups is 3. The molecule has 0 spiro atoms. The summed E-state index contributed by atoms with van der Waals surface area (Å²) in [6.45, 7) is 6.06. The number of nitrogens with zero attached hydrogens (tertiary/aromatic N) is 16. The SMILES string of the molecule is CN(C/C=C/C(=O)N1CCC(n2nc(-c3ccc(Oc4ccccc4)cc3)c3c(N)ncnc32)C1)C1CCC1.Nc1ncnc2c1c(-c1ccc(Oc3ccccc3)cc1)nn2C1CCCN(C(=O)/C=C/CNC2CCC2)C1.Nc1ncnc2c1c(-c1ccc(Oc3ccccc3)cc1)nn2C1CCN(C(=O)/C=C/CNC2CCC2)C1. The van der Waals surface area contributed by atoms with E-state index in [1.54, 1.807) is 18.2 Å². The number of nitrogens with two attached hydrogens (primary N) is 3. The maximum Gasteiger partial charge on any atom is 0.246 e. The summed E-state index contributed by atoms with van der Waals surface area (Å²) >= 11 is 0. The highest BCUT2D eigenvalue weighted by Gasteiger charge is 2.34. The molecule has 3 amide bonds. The maximum absolute atomic E-state index is 12.9. The van der Waals surface area contributed by atoms with Gasteiger partial charge in [-0.1, -0.05) is 92.1 Å². The van der Waals surface area contributed by atoms with Crippen molar-refractivity contribution < 1.29 is 28.6 Å². The molecule has 3 aliphatic heterocycles. The van der Waals surface area contributed by atoms with E-state index in [-0.39, 0.29) is 35.8 Å². The van der Waals surface area contributed by atoms with Crippen molar-refractivity contribution >= 4 is 68.3 Å². The maximum atomic E-state index is 12.9. The second-order valence-electron chi connectivity index (χ2n) is 30.4. The van der Waals surface area contributed by atoms with E-state index in [1.807, 2.05) is 211 Å². The lowest BCUT2D eigenvalue weighted by Gasteiger charge is -2.33. The fourth-order valence-corrected chi connectivity index (χ4v) is 15.5. The molecule has 0 bridgehead atoms. The van der Waals surface area contributed by atoms with E-state index in [0.717, 1.165) is 136 Å². The van der Waals surface area contributed by atoms with Crippen LogP contribution in [0, 0.1) is 0 Å². The summed E-state index contributed by atoms with van der Waals surface area (Å²) in [5.74, 6) is 5.78. The third-order valence-corrected chi connectivity index (χ3v) is 22.7. The number of likely N-dealkylation sites (tertiary alicyclic amines) is 3. The first-order chi connectivity index (χ1) is 56.9. The van der Waals surface area contributed by atoms with Crippen LogP contribution in [0.2, 0.25) is 0 Å². The largest absolute Gasteiger partial charge is 0.457 e. The minimum absolute atomic E-state index is 0.00422. The van der Waals surface area contributed by atoms with E-state index in [2.05, 4.69) is 52.5 Å². The van der Waals surface area contributed by atoms with Gasteiger partial charge in [-0.2, -0.15) is 15.3 Å². The Morgan fingerprint density at radius 1 is 0.397 bits per heavy atom. The number of para-hydroxylation sites is 3. The summed E-state index contributed by atoms with van der Waals surface area (Å²) in [5, 5.41) is 24.0. The van der Waals surface area contributed by atoms with Crippen LogP contribution in [0.1, 0.15) is 102 Å². The third-order valence-electron chi connectivity index (χ3n) is 22.7. The predicted molar refractivity (Wildman–Crippen MR) is 449 cm³/mol. The fraction of sp³-hybridized carbons (Fsp3) is 0.326. The number of piperidine rings is 1. The molecule has 9 heterocycles. The van der Waals surface area contributed by atoms with Crippen LogP contribution in [0.25, 0.3) is 66.9 Å². The van der Waals surface area contributed by atoms with Gasteiger partial charge in [0.15, 0.2) is 16.9 Å². The minimum atomic E-state index is -0.00422. The molecule has 594 valence electrons. The summed E-state index contributed by atoms with van der Waals surface area (Å²) in [6, 6.07) is 54.1. The number of hydrogen-bond donors (Lipinski definition) is 5. The average molecular weight is 1560 g/mol. The summed E-state index contributed by atoms with van der Waals surface area (Å²) in [4.78, 5) is 72.9. The molecule has 6 aromatic carbocycles. The van der Waals surface area contributed by atoms with Crippen molar-refractivity contribution in [2.75, 3.05) is 83.2 Å². The van der Waals surface area contributed by atoms with Gasteiger partial charge in [-0.05, 0) is 180 Å². The molecule has 3 saturated carbocycles.